The molecule has 2 atom stereocenters. The third-order valence-corrected chi connectivity index (χ3v) is 2.36. The molecule has 2 saturated heterocycles. The monoisotopic (exact) mass is 162 g/mol. The van der Waals surface area contributed by atoms with Crippen molar-refractivity contribution in [2.75, 3.05) is 13.2 Å². The first kappa shape index (κ1) is 6.63. The number of benzene rings is 1. The molecule has 0 aromatic heterocycles. The summed E-state index contributed by atoms with van der Waals surface area (Å²) in [5.41, 5.74) is 2.64. The minimum absolute atomic E-state index is 0.352. The molecule has 2 fully saturated rings. The van der Waals surface area contributed by atoms with Crippen LogP contribution in [0.4, 0.5) is 0 Å². The fourth-order valence-electron chi connectivity index (χ4n) is 1.55. The summed E-state index contributed by atoms with van der Waals surface area (Å²) in [6.07, 6.45) is 0.704. The average molecular weight is 162 g/mol. The first-order valence-corrected chi connectivity index (χ1v) is 4.27. The van der Waals surface area contributed by atoms with Crippen LogP contribution in [0.1, 0.15) is 23.3 Å². The van der Waals surface area contributed by atoms with Gasteiger partial charge in [0, 0.05) is 0 Å². The van der Waals surface area contributed by atoms with Crippen molar-refractivity contribution in [2.24, 2.45) is 0 Å². The SMILES string of the molecule is c1ccc(C2CO2)c(C2CO2)c1. The lowest BCUT2D eigenvalue weighted by Crippen LogP contribution is -1.89. The molecule has 2 heteroatoms. The topological polar surface area (TPSA) is 25.1 Å². The average Bonchev–Trinajstić information content (AvgIpc) is 2.99. The number of epoxide rings is 2. The fraction of sp³-hybridized carbons (Fsp3) is 0.400. The van der Waals surface area contributed by atoms with Crippen LogP contribution in [0.5, 0.6) is 0 Å². The van der Waals surface area contributed by atoms with Crippen LogP contribution in [0.2, 0.25) is 0 Å². The third-order valence-electron chi connectivity index (χ3n) is 2.36. The highest BCUT2D eigenvalue weighted by Gasteiger charge is 2.33. The predicted molar refractivity (Wildman–Crippen MR) is 43.8 cm³/mol. The third kappa shape index (κ3) is 1.04. The van der Waals surface area contributed by atoms with Crippen LogP contribution in [0.15, 0.2) is 24.3 Å². The molecule has 0 amide bonds. The summed E-state index contributed by atoms with van der Waals surface area (Å²) in [5.74, 6) is 0. The van der Waals surface area contributed by atoms with Crippen LogP contribution in [0, 0.1) is 0 Å². The van der Waals surface area contributed by atoms with E-state index in [1.54, 1.807) is 0 Å². The van der Waals surface area contributed by atoms with E-state index in [0.29, 0.717) is 12.2 Å². The second-order valence-corrected chi connectivity index (χ2v) is 3.27. The van der Waals surface area contributed by atoms with Crippen molar-refractivity contribution < 1.29 is 9.47 Å². The number of hydrogen-bond acceptors (Lipinski definition) is 2. The zero-order valence-corrected chi connectivity index (χ0v) is 6.69. The molecule has 1 aromatic carbocycles. The lowest BCUT2D eigenvalue weighted by atomic mass is 10.0. The maximum atomic E-state index is 5.26. The Bertz CT molecular complexity index is 269. The Morgan fingerprint density at radius 3 is 1.67 bits per heavy atom. The van der Waals surface area contributed by atoms with Crippen LogP contribution in [-0.2, 0) is 9.47 Å². The Labute approximate surface area is 71.1 Å². The minimum Gasteiger partial charge on any atom is -0.368 e. The summed E-state index contributed by atoms with van der Waals surface area (Å²) in [6.45, 7) is 1.76. The number of hydrogen-bond donors (Lipinski definition) is 0. The van der Waals surface area contributed by atoms with Gasteiger partial charge in [0.05, 0.1) is 13.2 Å². The Kier molecular flexibility index (Phi) is 1.28. The molecule has 2 aliphatic heterocycles. The van der Waals surface area contributed by atoms with Crippen molar-refractivity contribution >= 4 is 0 Å². The molecular formula is C10H10O2. The molecule has 1 aromatic rings. The van der Waals surface area contributed by atoms with E-state index in [-0.39, 0.29) is 0 Å². The van der Waals surface area contributed by atoms with E-state index in [4.69, 9.17) is 9.47 Å². The molecule has 0 N–H and O–H groups in total. The maximum absolute atomic E-state index is 5.26. The molecule has 0 bridgehead atoms. The van der Waals surface area contributed by atoms with Crippen LogP contribution in [0.25, 0.3) is 0 Å². The normalized spacial score (nSPS) is 31.7. The van der Waals surface area contributed by atoms with Crippen molar-refractivity contribution in [2.45, 2.75) is 12.2 Å². The van der Waals surface area contributed by atoms with Gasteiger partial charge >= 0.3 is 0 Å². The van der Waals surface area contributed by atoms with Gasteiger partial charge in [0.2, 0.25) is 0 Å². The van der Waals surface area contributed by atoms with E-state index in [2.05, 4.69) is 24.3 Å². The van der Waals surface area contributed by atoms with Gasteiger partial charge in [0.15, 0.2) is 0 Å². The van der Waals surface area contributed by atoms with Gasteiger partial charge in [-0.3, -0.25) is 0 Å². The largest absolute Gasteiger partial charge is 0.368 e. The first-order valence-electron chi connectivity index (χ1n) is 4.27. The minimum atomic E-state index is 0.352. The number of ether oxygens (including phenoxy) is 2. The van der Waals surface area contributed by atoms with E-state index in [1.165, 1.54) is 11.1 Å². The highest BCUT2D eigenvalue weighted by atomic mass is 16.6. The fourth-order valence-corrected chi connectivity index (χ4v) is 1.55. The quantitative estimate of drug-likeness (QED) is 0.620. The van der Waals surface area contributed by atoms with Gasteiger partial charge in [-0.05, 0) is 11.1 Å². The molecule has 2 heterocycles. The molecule has 2 aliphatic rings. The maximum Gasteiger partial charge on any atom is 0.106 e. The lowest BCUT2D eigenvalue weighted by molar-refractivity contribution is 0.399. The van der Waals surface area contributed by atoms with Gasteiger partial charge in [0.1, 0.15) is 12.2 Å². The Morgan fingerprint density at radius 2 is 1.33 bits per heavy atom. The van der Waals surface area contributed by atoms with Crippen molar-refractivity contribution in [3.05, 3.63) is 35.4 Å². The van der Waals surface area contributed by atoms with E-state index in [0.717, 1.165) is 13.2 Å². The summed E-state index contributed by atoms with van der Waals surface area (Å²) in [4.78, 5) is 0. The van der Waals surface area contributed by atoms with Gasteiger partial charge in [-0.15, -0.1) is 0 Å². The van der Waals surface area contributed by atoms with E-state index in [9.17, 15) is 0 Å². The molecule has 2 unspecified atom stereocenters. The van der Waals surface area contributed by atoms with Gasteiger partial charge in [-0.2, -0.15) is 0 Å². The van der Waals surface area contributed by atoms with Crippen LogP contribution >= 0.6 is 0 Å². The van der Waals surface area contributed by atoms with E-state index in [1.807, 2.05) is 0 Å². The molecule has 0 aliphatic carbocycles. The predicted octanol–water partition coefficient (Wildman–Crippen LogP) is 1.83. The van der Waals surface area contributed by atoms with E-state index >= 15 is 0 Å². The van der Waals surface area contributed by atoms with Crippen molar-refractivity contribution in [1.82, 2.24) is 0 Å². The van der Waals surface area contributed by atoms with Gasteiger partial charge in [0.25, 0.3) is 0 Å². The summed E-state index contributed by atoms with van der Waals surface area (Å²) in [6, 6.07) is 8.38. The summed E-state index contributed by atoms with van der Waals surface area (Å²) >= 11 is 0. The molecule has 2 nitrogen and oxygen atoms in total. The van der Waals surface area contributed by atoms with Crippen molar-refractivity contribution in [3.8, 4) is 0 Å². The Balaban J connectivity index is 2.02. The molecule has 62 valence electrons. The van der Waals surface area contributed by atoms with Crippen molar-refractivity contribution in [1.29, 1.82) is 0 Å². The Hall–Kier alpha value is -0.860. The van der Waals surface area contributed by atoms with Crippen LogP contribution in [0.3, 0.4) is 0 Å². The summed E-state index contributed by atoms with van der Waals surface area (Å²) in [7, 11) is 0. The lowest BCUT2D eigenvalue weighted by Gasteiger charge is -2.02. The first-order chi connectivity index (χ1) is 5.95. The van der Waals surface area contributed by atoms with E-state index < -0.39 is 0 Å². The van der Waals surface area contributed by atoms with Crippen molar-refractivity contribution in [3.63, 3.8) is 0 Å². The standard InChI is InChI=1S/C10H10O2/c1-2-4-8(10-6-12-10)7(3-1)9-5-11-9/h1-4,9-10H,5-6H2. The number of rotatable bonds is 2. The molecule has 12 heavy (non-hydrogen) atoms. The second-order valence-electron chi connectivity index (χ2n) is 3.27. The Morgan fingerprint density at radius 1 is 0.917 bits per heavy atom. The second kappa shape index (κ2) is 2.31. The van der Waals surface area contributed by atoms with Gasteiger partial charge in [-0.25, -0.2) is 0 Å². The molecule has 0 spiro atoms. The summed E-state index contributed by atoms with van der Waals surface area (Å²) < 4.78 is 10.5. The molecule has 0 radical (unpaired) electrons. The van der Waals surface area contributed by atoms with Crippen LogP contribution < -0.4 is 0 Å². The highest BCUT2D eigenvalue weighted by molar-refractivity contribution is 5.34. The van der Waals surface area contributed by atoms with Crippen LogP contribution in [-0.4, -0.2) is 13.2 Å². The highest BCUT2D eigenvalue weighted by Crippen LogP contribution is 2.39. The molecule has 0 saturated carbocycles. The summed E-state index contributed by atoms with van der Waals surface area (Å²) in [5, 5.41) is 0. The zero-order chi connectivity index (χ0) is 7.97. The van der Waals surface area contributed by atoms with Gasteiger partial charge < -0.3 is 9.47 Å². The molecular weight excluding hydrogens is 152 g/mol. The van der Waals surface area contributed by atoms with Gasteiger partial charge in [-0.1, -0.05) is 24.3 Å². The molecule has 3 rings (SSSR count). The zero-order valence-electron chi connectivity index (χ0n) is 6.69. The smallest absolute Gasteiger partial charge is 0.106 e.